The van der Waals surface area contributed by atoms with Gasteiger partial charge in [0, 0.05) is 36.1 Å². The quantitative estimate of drug-likeness (QED) is 0.797. The van der Waals surface area contributed by atoms with E-state index in [2.05, 4.69) is 27.1 Å². The van der Waals surface area contributed by atoms with Crippen LogP contribution in [0.3, 0.4) is 0 Å². The Morgan fingerprint density at radius 3 is 3.05 bits per heavy atom. The van der Waals surface area contributed by atoms with Crippen molar-refractivity contribution in [1.29, 1.82) is 0 Å². The van der Waals surface area contributed by atoms with Gasteiger partial charge in [0.2, 0.25) is 0 Å². The summed E-state index contributed by atoms with van der Waals surface area (Å²) < 4.78 is 8.39. The van der Waals surface area contributed by atoms with Crippen molar-refractivity contribution < 1.29 is 9.53 Å². The molecule has 0 atom stereocenters. The smallest absolute Gasteiger partial charge is 0.170 e. The fourth-order valence-corrected chi connectivity index (χ4v) is 3.33. The van der Waals surface area contributed by atoms with Gasteiger partial charge in [-0.1, -0.05) is 22.9 Å². The second kappa shape index (κ2) is 5.64. The van der Waals surface area contributed by atoms with E-state index in [-0.39, 0.29) is 5.78 Å². The monoisotopic (exact) mass is 348 g/mol. The molecule has 5 heteroatoms. The van der Waals surface area contributed by atoms with Crippen molar-refractivity contribution in [2.45, 2.75) is 26.2 Å². The number of ketones is 1. The Labute approximate surface area is 132 Å². The van der Waals surface area contributed by atoms with E-state index in [0.29, 0.717) is 18.6 Å². The molecular formula is C16H17BrN2O2. The molecule has 2 heterocycles. The number of nitrogens with zero attached hydrogens (tertiary/aromatic N) is 2. The summed E-state index contributed by atoms with van der Waals surface area (Å²) in [6.45, 7) is 2.71. The molecule has 0 saturated carbocycles. The third kappa shape index (κ3) is 2.75. The summed E-state index contributed by atoms with van der Waals surface area (Å²) in [6, 6.07) is 4.04. The van der Waals surface area contributed by atoms with E-state index in [1.807, 2.05) is 20.0 Å². The topological polar surface area (TPSA) is 44.1 Å². The normalized spacial score (nSPS) is 13.1. The fraction of sp³-hybridized carbons (Fsp3) is 0.375. The summed E-state index contributed by atoms with van der Waals surface area (Å²) in [5.41, 5.74) is 3.70. The zero-order valence-corrected chi connectivity index (χ0v) is 13.7. The lowest BCUT2D eigenvalue weighted by Gasteiger charge is -2.08. The first-order chi connectivity index (χ1) is 10.1. The number of Topliss-reactive ketones (excluding diaryl/α,β-unsaturated/α-hetero) is 1. The molecule has 3 rings (SSSR count). The predicted octanol–water partition coefficient (Wildman–Crippen LogP) is 3.11. The maximum atomic E-state index is 12.6. The molecule has 0 amide bonds. The minimum Gasteiger partial charge on any atom is -0.493 e. The largest absolute Gasteiger partial charge is 0.493 e. The first-order valence-electron chi connectivity index (χ1n) is 7.08. The van der Waals surface area contributed by atoms with Crippen LogP contribution in [-0.4, -0.2) is 22.2 Å². The summed E-state index contributed by atoms with van der Waals surface area (Å²) >= 11 is 3.51. The van der Waals surface area contributed by atoms with Gasteiger partial charge in [0.05, 0.1) is 17.9 Å². The van der Waals surface area contributed by atoms with E-state index in [9.17, 15) is 4.79 Å². The highest BCUT2D eigenvalue weighted by Gasteiger charge is 2.21. The van der Waals surface area contributed by atoms with Gasteiger partial charge in [-0.2, -0.15) is 5.10 Å². The number of fused-ring (bicyclic) bond motifs is 1. The number of carbonyl (C=O) groups is 1. The molecule has 0 spiro atoms. The Morgan fingerprint density at radius 1 is 1.48 bits per heavy atom. The van der Waals surface area contributed by atoms with Gasteiger partial charge in [-0.25, -0.2) is 0 Å². The van der Waals surface area contributed by atoms with Gasteiger partial charge < -0.3 is 4.74 Å². The van der Waals surface area contributed by atoms with Crippen LogP contribution in [0.5, 0.6) is 5.75 Å². The number of benzene rings is 1. The molecule has 110 valence electrons. The molecule has 0 bridgehead atoms. The number of hydrogen-bond acceptors (Lipinski definition) is 3. The Morgan fingerprint density at radius 2 is 2.29 bits per heavy atom. The number of aromatic nitrogens is 2. The number of ether oxygens (including phenoxy) is 1. The lowest BCUT2D eigenvalue weighted by Crippen LogP contribution is -2.06. The highest BCUT2D eigenvalue weighted by Crippen LogP contribution is 2.33. The van der Waals surface area contributed by atoms with Crippen molar-refractivity contribution in [1.82, 2.24) is 9.78 Å². The lowest BCUT2D eigenvalue weighted by molar-refractivity contribution is 0.0991. The molecule has 21 heavy (non-hydrogen) atoms. The maximum Gasteiger partial charge on any atom is 0.170 e. The number of aryl methyl sites for hydroxylation is 2. The van der Waals surface area contributed by atoms with Crippen LogP contribution in [0.25, 0.3) is 0 Å². The van der Waals surface area contributed by atoms with Crippen molar-refractivity contribution in [3.8, 4) is 5.75 Å². The molecule has 0 unspecified atom stereocenters. The summed E-state index contributed by atoms with van der Waals surface area (Å²) in [4.78, 5) is 12.6. The van der Waals surface area contributed by atoms with E-state index in [0.717, 1.165) is 34.3 Å². The molecule has 0 saturated heterocycles. The summed E-state index contributed by atoms with van der Waals surface area (Å²) in [5, 5.41) is 4.34. The first kappa shape index (κ1) is 14.3. The molecule has 0 N–H and O–H groups in total. The number of halogens is 1. The minimum absolute atomic E-state index is 0.0933. The average Bonchev–Trinajstić information content (AvgIpc) is 3.04. The fourth-order valence-electron chi connectivity index (χ4n) is 2.77. The van der Waals surface area contributed by atoms with Gasteiger partial charge >= 0.3 is 0 Å². The van der Waals surface area contributed by atoms with Crippen LogP contribution in [-0.2, 0) is 26.3 Å². The summed E-state index contributed by atoms with van der Waals surface area (Å²) in [5.74, 6) is 0.976. The van der Waals surface area contributed by atoms with Gasteiger partial charge in [0.25, 0.3) is 0 Å². The molecule has 0 radical (unpaired) electrons. The van der Waals surface area contributed by atoms with Gasteiger partial charge in [-0.3, -0.25) is 9.48 Å². The van der Waals surface area contributed by atoms with Crippen LogP contribution >= 0.6 is 15.9 Å². The van der Waals surface area contributed by atoms with Crippen LogP contribution < -0.4 is 4.74 Å². The van der Waals surface area contributed by atoms with E-state index in [4.69, 9.17) is 4.74 Å². The van der Waals surface area contributed by atoms with Crippen molar-refractivity contribution >= 4 is 21.7 Å². The van der Waals surface area contributed by atoms with E-state index in [1.165, 1.54) is 5.56 Å². The highest BCUT2D eigenvalue weighted by molar-refractivity contribution is 9.10. The lowest BCUT2D eigenvalue weighted by atomic mass is 10.00. The molecule has 1 aromatic heterocycles. The Kier molecular flexibility index (Phi) is 3.85. The molecule has 0 aliphatic carbocycles. The second-order valence-corrected chi connectivity index (χ2v) is 6.18. The van der Waals surface area contributed by atoms with Gasteiger partial charge in [-0.15, -0.1) is 0 Å². The number of rotatable bonds is 4. The highest BCUT2D eigenvalue weighted by atomic mass is 79.9. The van der Waals surface area contributed by atoms with E-state index in [1.54, 1.807) is 10.9 Å². The van der Waals surface area contributed by atoms with Crippen LogP contribution in [0.4, 0.5) is 0 Å². The van der Waals surface area contributed by atoms with E-state index >= 15 is 0 Å². The zero-order valence-electron chi connectivity index (χ0n) is 12.1. The maximum absolute atomic E-state index is 12.6. The van der Waals surface area contributed by atoms with Gasteiger partial charge in [-0.05, 0) is 24.1 Å². The van der Waals surface area contributed by atoms with Crippen molar-refractivity contribution in [2.75, 3.05) is 6.61 Å². The standard InChI is InChI=1S/C16H17BrN2O2/c1-3-14-13(9-19(2)18-14)15(20)8-11-7-12(17)6-10-4-5-21-16(10)11/h6-7,9H,3-5,8H2,1-2H3. The van der Waals surface area contributed by atoms with Crippen molar-refractivity contribution in [3.05, 3.63) is 45.2 Å². The number of hydrogen-bond donors (Lipinski definition) is 0. The molecule has 4 nitrogen and oxygen atoms in total. The first-order valence-corrected chi connectivity index (χ1v) is 7.87. The molecule has 2 aromatic rings. The van der Waals surface area contributed by atoms with Crippen molar-refractivity contribution in [2.24, 2.45) is 7.05 Å². The van der Waals surface area contributed by atoms with E-state index < -0.39 is 0 Å². The van der Waals surface area contributed by atoms with Crippen molar-refractivity contribution in [3.63, 3.8) is 0 Å². The molecule has 1 aliphatic rings. The van der Waals surface area contributed by atoms with Crippen LogP contribution in [0.1, 0.15) is 34.1 Å². The Hall–Kier alpha value is -1.62. The molecule has 1 aliphatic heterocycles. The molecular weight excluding hydrogens is 332 g/mol. The molecule has 0 fully saturated rings. The minimum atomic E-state index is 0.0933. The van der Waals surface area contributed by atoms with Gasteiger partial charge in [0.1, 0.15) is 5.75 Å². The van der Waals surface area contributed by atoms with Crippen LogP contribution in [0, 0.1) is 0 Å². The Bertz CT molecular complexity index is 707. The average molecular weight is 349 g/mol. The summed E-state index contributed by atoms with van der Waals surface area (Å²) in [6.07, 6.45) is 3.82. The SMILES string of the molecule is CCc1nn(C)cc1C(=O)Cc1cc(Br)cc2c1OCC2. The van der Waals surface area contributed by atoms with Crippen LogP contribution in [0.2, 0.25) is 0 Å². The predicted molar refractivity (Wildman–Crippen MR) is 84.0 cm³/mol. The third-order valence-electron chi connectivity index (χ3n) is 3.72. The Balaban J connectivity index is 1.92. The number of carbonyl (C=O) groups excluding carboxylic acids is 1. The summed E-state index contributed by atoms with van der Waals surface area (Å²) in [7, 11) is 1.84. The molecule has 1 aromatic carbocycles. The van der Waals surface area contributed by atoms with Crippen LogP contribution in [0.15, 0.2) is 22.8 Å². The third-order valence-corrected chi connectivity index (χ3v) is 4.17. The van der Waals surface area contributed by atoms with Gasteiger partial charge in [0.15, 0.2) is 5.78 Å². The second-order valence-electron chi connectivity index (χ2n) is 5.27. The zero-order chi connectivity index (χ0) is 15.0.